The standard InChI is InChI=1S/C24H35FN2O4/c1-30-24(29)10-4-9-23(28)27(18-21-7-5-15-31-21)16-19-11-13-26(14-12-19)17-20-6-2-3-8-22(20)25/h2-3,6,8,19,21H,4-5,7,9-18H2,1H3. The summed E-state index contributed by atoms with van der Waals surface area (Å²) < 4.78 is 24.4. The van der Waals surface area contributed by atoms with Crippen LogP contribution in [0.4, 0.5) is 4.39 Å². The van der Waals surface area contributed by atoms with Crippen molar-refractivity contribution >= 4 is 11.9 Å². The average molecular weight is 435 g/mol. The summed E-state index contributed by atoms with van der Waals surface area (Å²) in [6.07, 6.45) is 5.27. The smallest absolute Gasteiger partial charge is 0.305 e. The van der Waals surface area contributed by atoms with Crippen molar-refractivity contribution in [1.29, 1.82) is 0 Å². The Morgan fingerprint density at radius 2 is 1.94 bits per heavy atom. The minimum absolute atomic E-state index is 0.0909. The molecule has 2 aliphatic rings. The molecule has 0 aromatic heterocycles. The van der Waals surface area contributed by atoms with E-state index in [2.05, 4.69) is 9.64 Å². The molecule has 0 saturated carbocycles. The highest BCUT2D eigenvalue weighted by atomic mass is 19.1. The molecule has 0 bridgehead atoms. The number of methoxy groups -OCH3 is 1. The van der Waals surface area contributed by atoms with E-state index in [1.54, 1.807) is 6.07 Å². The largest absolute Gasteiger partial charge is 0.469 e. The number of hydrogen-bond donors (Lipinski definition) is 0. The molecular weight excluding hydrogens is 399 g/mol. The van der Waals surface area contributed by atoms with Crippen LogP contribution in [0.3, 0.4) is 0 Å². The molecule has 3 rings (SSSR count). The van der Waals surface area contributed by atoms with Gasteiger partial charge < -0.3 is 14.4 Å². The van der Waals surface area contributed by atoms with E-state index in [4.69, 9.17) is 4.74 Å². The van der Waals surface area contributed by atoms with Gasteiger partial charge in [0.05, 0.1) is 13.2 Å². The van der Waals surface area contributed by atoms with E-state index < -0.39 is 0 Å². The Hall–Kier alpha value is -1.99. The predicted octanol–water partition coefficient (Wildman–Crippen LogP) is 3.39. The van der Waals surface area contributed by atoms with Crippen LogP contribution in [0.25, 0.3) is 0 Å². The first-order chi connectivity index (χ1) is 15.0. The van der Waals surface area contributed by atoms with Crippen LogP contribution in [0, 0.1) is 11.7 Å². The summed E-state index contributed by atoms with van der Waals surface area (Å²) in [5, 5.41) is 0. The van der Waals surface area contributed by atoms with Crippen LogP contribution in [0.1, 0.15) is 50.5 Å². The quantitative estimate of drug-likeness (QED) is 0.529. The molecule has 1 aromatic carbocycles. The molecule has 0 aliphatic carbocycles. The van der Waals surface area contributed by atoms with Crippen LogP contribution in [-0.4, -0.2) is 67.7 Å². The predicted molar refractivity (Wildman–Crippen MR) is 116 cm³/mol. The zero-order valence-electron chi connectivity index (χ0n) is 18.6. The van der Waals surface area contributed by atoms with Gasteiger partial charge in [0.15, 0.2) is 0 Å². The third-order valence-electron chi connectivity index (χ3n) is 6.34. The van der Waals surface area contributed by atoms with Gasteiger partial charge in [0.2, 0.25) is 5.91 Å². The van der Waals surface area contributed by atoms with Crippen LogP contribution >= 0.6 is 0 Å². The Morgan fingerprint density at radius 3 is 2.61 bits per heavy atom. The molecule has 2 saturated heterocycles. The fraction of sp³-hybridized carbons (Fsp3) is 0.667. The van der Waals surface area contributed by atoms with Gasteiger partial charge in [-0.1, -0.05) is 18.2 Å². The van der Waals surface area contributed by atoms with E-state index in [1.165, 1.54) is 13.2 Å². The SMILES string of the molecule is COC(=O)CCCC(=O)N(CC1CCN(Cc2ccccc2F)CC1)CC1CCCO1. The Labute approximate surface area is 184 Å². The second-order valence-corrected chi connectivity index (χ2v) is 8.67. The number of carbonyl (C=O) groups excluding carboxylic acids is 2. The Kier molecular flexibility index (Phi) is 9.28. The lowest BCUT2D eigenvalue weighted by molar-refractivity contribution is -0.141. The summed E-state index contributed by atoms with van der Waals surface area (Å²) in [6, 6.07) is 6.95. The van der Waals surface area contributed by atoms with Crippen molar-refractivity contribution in [3.8, 4) is 0 Å². The third-order valence-corrected chi connectivity index (χ3v) is 6.34. The molecule has 7 heteroatoms. The van der Waals surface area contributed by atoms with E-state index >= 15 is 0 Å². The molecule has 0 spiro atoms. The van der Waals surface area contributed by atoms with Gasteiger partial charge in [0.25, 0.3) is 0 Å². The normalized spacial score (nSPS) is 20.0. The molecular formula is C24H35FN2O4. The van der Waals surface area contributed by atoms with Crippen molar-refractivity contribution in [2.24, 2.45) is 5.92 Å². The number of amides is 1. The molecule has 1 amide bonds. The number of piperidine rings is 1. The summed E-state index contributed by atoms with van der Waals surface area (Å²) in [5.74, 6) is 0.0987. The van der Waals surface area contributed by atoms with Crippen LogP contribution in [0.15, 0.2) is 24.3 Å². The summed E-state index contributed by atoms with van der Waals surface area (Å²) in [7, 11) is 1.37. The van der Waals surface area contributed by atoms with Gasteiger partial charge in [-0.05, 0) is 57.2 Å². The van der Waals surface area contributed by atoms with Crippen LogP contribution < -0.4 is 0 Å². The van der Waals surface area contributed by atoms with E-state index in [-0.39, 0.29) is 30.2 Å². The third kappa shape index (κ3) is 7.58. The highest BCUT2D eigenvalue weighted by molar-refractivity contribution is 5.77. The summed E-state index contributed by atoms with van der Waals surface area (Å²) >= 11 is 0. The second-order valence-electron chi connectivity index (χ2n) is 8.67. The molecule has 2 aliphatic heterocycles. The lowest BCUT2D eigenvalue weighted by atomic mass is 9.95. The summed E-state index contributed by atoms with van der Waals surface area (Å²) in [4.78, 5) is 28.5. The number of likely N-dealkylation sites (tertiary alicyclic amines) is 1. The van der Waals surface area contributed by atoms with E-state index in [9.17, 15) is 14.0 Å². The first kappa shape index (κ1) is 23.7. The lowest BCUT2D eigenvalue weighted by Crippen LogP contribution is -2.43. The fourth-order valence-electron chi connectivity index (χ4n) is 4.46. The minimum atomic E-state index is -0.277. The van der Waals surface area contributed by atoms with Crippen molar-refractivity contribution in [2.75, 3.05) is 39.9 Å². The van der Waals surface area contributed by atoms with Crippen LogP contribution in [-0.2, 0) is 25.6 Å². The van der Waals surface area contributed by atoms with Gasteiger partial charge in [-0.15, -0.1) is 0 Å². The molecule has 2 heterocycles. The topological polar surface area (TPSA) is 59.1 Å². The summed E-state index contributed by atoms with van der Waals surface area (Å²) in [5.41, 5.74) is 0.738. The zero-order valence-corrected chi connectivity index (χ0v) is 18.6. The monoisotopic (exact) mass is 434 g/mol. The summed E-state index contributed by atoms with van der Waals surface area (Å²) in [6.45, 7) is 4.57. The average Bonchev–Trinajstić information content (AvgIpc) is 3.29. The second kappa shape index (κ2) is 12.2. The van der Waals surface area contributed by atoms with Crippen molar-refractivity contribution in [3.05, 3.63) is 35.6 Å². The molecule has 1 atom stereocenters. The molecule has 0 radical (unpaired) electrons. The van der Waals surface area contributed by atoms with Crippen molar-refractivity contribution in [3.63, 3.8) is 0 Å². The van der Waals surface area contributed by atoms with Crippen molar-refractivity contribution in [1.82, 2.24) is 9.80 Å². The molecule has 1 unspecified atom stereocenters. The number of nitrogens with zero attached hydrogens (tertiary/aromatic N) is 2. The maximum Gasteiger partial charge on any atom is 0.305 e. The van der Waals surface area contributed by atoms with Gasteiger partial charge in [-0.25, -0.2) is 4.39 Å². The van der Waals surface area contributed by atoms with E-state index in [1.807, 2.05) is 17.0 Å². The van der Waals surface area contributed by atoms with Gasteiger partial charge in [-0.3, -0.25) is 14.5 Å². The van der Waals surface area contributed by atoms with E-state index in [0.29, 0.717) is 31.8 Å². The number of ether oxygens (including phenoxy) is 2. The number of benzene rings is 1. The van der Waals surface area contributed by atoms with Crippen molar-refractivity contribution < 1.29 is 23.5 Å². The molecule has 2 fully saturated rings. The zero-order chi connectivity index (χ0) is 22.1. The molecule has 31 heavy (non-hydrogen) atoms. The number of rotatable bonds is 10. The van der Waals surface area contributed by atoms with Gasteiger partial charge >= 0.3 is 5.97 Å². The van der Waals surface area contributed by atoms with Gasteiger partial charge in [-0.2, -0.15) is 0 Å². The number of hydrogen-bond acceptors (Lipinski definition) is 5. The van der Waals surface area contributed by atoms with Crippen LogP contribution in [0.2, 0.25) is 0 Å². The molecule has 1 aromatic rings. The maximum atomic E-state index is 13.9. The van der Waals surface area contributed by atoms with Gasteiger partial charge in [0, 0.05) is 44.6 Å². The fourth-order valence-corrected chi connectivity index (χ4v) is 4.46. The molecule has 172 valence electrons. The Bertz CT molecular complexity index is 715. The van der Waals surface area contributed by atoms with Gasteiger partial charge in [0.1, 0.15) is 5.82 Å². The maximum absolute atomic E-state index is 13.9. The van der Waals surface area contributed by atoms with E-state index in [0.717, 1.165) is 57.5 Å². The highest BCUT2D eigenvalue weighted by Gasteiger charge is 2.27. The minimum Gasteiger partial charge on any atom is -0.469 e. The number of carbonyl (C=O) groups is 2. The number of esters is 1. The molecule has 6 nitrogen and oxygen atoms in total. The first-order valence-corrected chi connectivity index (χ1v) is 11.5. The first-order valence-electron chi connectivity index (χ1n) is 11.5. The molecule has 0 N–H and O–H groups in total. The highest BCUT2D eigenvalue weighted by Crippen LogP contribution is 2.23. The Morgan fingerprint density at radius 1 is 1.16 bits per heavy atom. The number of halogens is 1. The van der Waals surface area contributed by atoms with Crippen molar-refractivity contribution in [2.45, 2.75) is 57.6 Å². The Balaban J connectivity index is 1.48. The van der Waals surface area contributed by atoms with Crippen LogP contribution in [0.5, 0.6) is 0 Å². The lowest BCUT2D eigenvalue weighted by Gasteiger charge is -2.35.